The zero-order chi connectivity index (χ0) is 35.2. The Kier molecular flexibility index (Phi) is 9.95. The molecular formula is C38H50ClN5O5S. The van der Waals surface area contributed by atoms with Crippen LogP contribution in [-0.2, 0) is 31.3 Å². The Morgan fingerprint density at radius 2 is 1.96 bits per heavy atom. The number of nitrogens with one attached hydrogen (secondary N) is 1. The predicted molar refractivity (Wildman–Crippen MR) is 197 cm³/mol. The summed E-state index contributed by atoms with van der Waals surface area (Å²) in [5.74, 6) is 0.0654. The van der Waals surface area contributed by atoms with Crippen LogP contribution in [0.2, 0.25) is 5.02 Å². The third-order valence-corrected chi connectivity index (χ3v) is 14.0. The number of amides is 2. The van der Waals surface area contributed by atoms with E-state index in [1.165, 1.54) is 11.1 Å². The van der Waals surface area contributed by atoms with Crippen molar-refractivity contribution in [3.63, 3.8) is 0 Å². The molecule has 1 unspecified atom stereocenters. The van der Waals surface area contributed by atoms with Crippen molar-refractivity contribution in [2.24, 2.45) is 33.1 Å². The molecule has 5 aliphatic rings. The first-order chi connectivity index (χ1) is 24.0. The van der Waals surface area contributed by atoms with Crippen LogP contribution in [0.3, 0.4) is 0 Å². The van der Waals surface area contributed by atoms with E-state index in [0.717, 1.165) is 80.9 Å². The number of anilines is 1. The number of fused-ring (bicyclic) bond motifs is 4. The Hall–Kier alpha value is -3.15. The van der Waals surface area contributed by atoms with Crippen molar-refractivity contribution in [1.82, 2.24) is 9.73 Å². The normalized spacial score (nSPS) is 32.9. The Morgan fingerprint density at radius 1 is 1.12 bits per heavy atom. The minimum absolute atomic E-state index is 0.0386. The van der Waals surface area contributed by atoms with Crippen molar-refractivity contribution in [2.45, 2.75) is 76.7 Å². The summed E-state index contributed by atoms with van der Waals surface area (Å²) < 4.78 is 34.4. The molecule has 3 heterocycles. The Balaban J connectivity index is 1.28. The standard InChI is InChI=1S/C38H50ClN5O5S/c1-24-7-5-9-34(48-4)30-13-10-28(30)19-44-22-38(16-6-8-26-17-29(39)12-14-32(26)38)23-49-35-15-11-27(18-33(35)44)36(45)41-50(47,21-24)42-37(46)31-20-43(3)40-25(31)2/h11-12,14-15,17-18,24,28,30-31,34H,5-10,13,16,19-23H2,1-4H3,(H,41,42,45,46,47)/t24-,28-,30+,31?,34-,38-,50-/m0/s1. The number of hydrazone groups is 1. The topological polar surface area (TPSA) is 113 Å². The van der Waals surface area contributed by atoms with Gasteiger partial charge in [-0.05, 0) is 111 Å². The van der Waals surface area contributed by atoms with E-state index in [1.54, 1.807) is 25.0 Å². The second kappa shape index (κ2) is 14.1. The van der Waals surface area contributed by atoms with Crippen LogP contribution in [0.5, 0.6) is 5.75 Å². The molecule has 1 fully saturated rings. The van der Waals surface area contributed by atoms with E-state index in [0.29, 0.717) is 36.3 Å². The quantitative estimate of drug-likeness (QED) is 0.399. The summed E-state index contributed by atoms with van der Waals surface area (Å²) >= 11 is 6.46. The van der Waals surface area contributed by atoms with Gasteiger partial charge in [-0.25, -0.2) is 4.21 Å². The summed E-state index contributed by atoms with van der Waals surface area (Å²) in [6.45, 7) is 6.28. The van der Waals surface area contributed by atoms with Gasteiger partial charge in [-0.3, -0.25) is 19.3 Å². The van der Waals surface area contributed by atoms with Crippen molar-refractivity contribution < 1.29 is 23.3 Å². The zero-order valence-corrected chi connectivity index (χ0v) is 31.2. The molecular weight excluding hydrogens is 674 g/mol. The van der Waals surface area contributed by atoms with Crippen LogP contribution in [0.4, 0.5) is 5.69 Å². The number of hydrogen-bond donors (Lipinski definition) is 1. The van der Waals surface area contributed by atoms with Gasteiger partial charge in [-0.2, -0.15) is 5.10 Å². The molecule has 2 aliphatic carbocycles. The van der Waals surface area contributed by atoms with Crippen LogP contribution in [0.15, 0.2) is 45.9 Å². The zero-order valence-electron chi connectivity index (χ0n) is 29.7. The fourth-order valence-electron chi connectivity index (χ4n) is 9.05. The molecule has 3 aliphatic heterocycles. The molecule has 1 N–H and O–H groups in total. The average Bonchev–Trinajstić information content (AvgIpc) is 3.33. The molecule has 0 radical (unpaired) electrons. The molecule has 12 heteroatoms. The van der Waals surface area contributed by atoms with Crippen molar-refractivity contribution in [2.75, 3.05) is 51.1 Å². The van der Waals surface area contributed by atoms with Crippen molar-refractivity contribution >= 4 is 44.7 Å². The van der Waals surface area contributed by atoms with E-state index in [-0.39, 0.29) is 23.2 Å². The first kappa shape index (κ1) is 35.3. The summed E-state index contributed by atoms with van der Waals surface area (Å²) in [5, 5.41) is 6.80. The predicted octanol–water partition coefficient (Wildman–Crippen LogP) is 6.25. The van der Waals surface area contributed by atoms with Gasteiger partial charge in [0.1, 0.15) is 15.7 Å². The van der Waals surface area contributed by atoms with Gasteiger partial charge >= 0.3 is 0 Å². The molecule has 0 saturated heterocycles. The highest BCUT2D eigenvalue weighted by Gasteiger charge is 2.44. The van der Waals surface area contributed by atoms with Gasteiger partial charge < -0.3 is 14.4 Å². The van der Waals surface area contributed by atoms with E-state index < -0.39 is 27.6 Å². The maximum Gasteiger partial charge on any atom is 0.286 e. The SMILES string of the molecule is CO[C@H]1CCC[C@H](C)C[S@@](=O)(NC(=O)C2CN(C)N=C2C)=NC(=O)c2ccc3c(c2)N(C[C@@H]2CC[C@H]21)C[C@@]1(CCCc2cc(Cl)ccc21)CO3. The number of carbonyl (C=O) groups is 2. The number of hydrogen-bond acceptors (Lipinski definition) is 8. The smallest absolute Gasteiger partial charge is 0.286 e. The largest absolute Gasteiger partial charge is 0.490 e. The number of methoxy groups -OCH3 is 1. The number of rotatable bonds is 3. The van der Waals surface area contributed by atoms with Gasteiger partial charge in [0.05, 0.1) is 36.6 Å². The fraction of sp³-hybridized carbons (Fsp3) is 0.605. The highest BCUT2D eigenvalue weighted by atomic mass is 35.5. The maximum atomic E-state index is 14.6. The highest BCUT2D eigenvalue weighted by Crippen LogP contribution is 2.47. The lowest BCUT2D eigenvalue weighted by molar-refractivity contribution is -0.121. The van der Waals surface area contributed by atoms with Crippen molar-refractivity contribution in [1.29, 1.82) is 0 Å². The number of aryl methyl sites for hydroxylation is 1. The lowest BCUT2D eigenvalue weighted by atomic mass is 9.68. The molecule has 0 aromatic heterocycles. The summed E-state index contributed by atoms with van der Waals surface area (Å²) in [5.41, 5.74) is 4.15. The monoisotopic (exact) mass is 723 g/mol. The summed E-state index contributed by atoms with van der Waals surface area (Å²) in [6.07, 6.45) is 7.98. The van der Waals surface area contributed by atoms with Crippen LogP contribution in [0.25, 0.3) is 0 Å². The molecule has 1 saturated carbocycles. The summed E-state index contributed by atoms with van der Waals surface area (Å²) in [7, 11) is 0.165. The summed E-state index contributed by atoms with van der Waals surface area (Å²) in [6, 6.07) is 11.7. The lowest BCUT2D eigenvalue weighted by Crippen LogP contribution is -2.49. The molecule has 270 valence electrons. The maximum absolute atomic E-state index is 14.6. The Bertz CT molecular complexity index is 1810. The highest BCUT2D eigenvalue weighted by molar-refractivity contribution is 7.92. The van der Waals surface area contributed by atoms with Crippen LogP contribution in [0.1, 0.15) is 80.3 Å². The van der Waals surface area contributed by atoms with Crippen LogP contribution >= 0.6 is 11.6 Å². The molecule has 7 rings (SSSR count). The lowest BCUT2D eigenvalue weighted by Gasteiger charge is -2.46. The minimum atomic E-state index is -3.46. The molecule has 2 aromatic rings. The van der Waals surface area contributed by atoms with Crippen LogP contribution in [0, 0.1) is 23.7 Å². The van der Waals surface area contributed by atoms with E-state index in [9.17, 15) is 13.8 Å². The van der Waals surface area contributed by atoms with E-state index in [1.807, 2.05) is 32.2 Å². The molecule has 1 spiro atoms. The Labute approximate surface area is 301 Å². The number of halogens is 1. The fourth-order valence-corrected chi connectivity index (χ4v) is 11.2. The van der Waals surface area contributed by atoms with E-state index in [2.05, 4.69) is 31.2 Å². The number of nitrogens with zero attached hydrogens (tertiary/aromatic N) is 4. The van der Waals surface area contributed by atoms with Crippen molar-refractivity contribution in [3.8, 4) is 5.75 Å². The second-order valence-corrected chi connectivity index (χ2v) is 17.8. The third kappa shape index (κ3) is 7.02. The molecule has 7 atom stereocenters. The minimum Gasteiger partial charge on any atom is -0.490 e. The first-order valence-corrected chi connectivity index (χ1v) is 20.2. The van der Waals surface area contributed by atoms with Gasteiger partial charge in [-0.1, -0.05) is 31.0 Å². The third-order valence-electron chi connectivity index (χ3n) is 11.8. The van der Waals surface area contributed by atoms with Gasteiger partial charge in [0.25, 0.3) is 5.91 Å². The van der Waals surface area contributed by atoms with Crippen molar-refractivity contribution in [3.05, 3.63) is 58.1 Å². The van der Waals surface area contributed by atoms with Crippen LogP contribution < -0.4 is 14.4 Å². The Morgan fingerprint density at radius 3 is 2.70 bits per heavy atom. The van der Waals surface area contributed by atoms with Gasteiger partial charge in [0.15, 0.2) is 0 Å². The molecule has 50 heavy (non-hydrogen) atoms. The number of carbonyl (C=O) groups excluding carboxylic acids is 2. The van der Waals surface area contributed by atoms with Gasteiger partial charge in [-0.15, -0.1) is 4.36 Å². The number of benzene rings is 2. The first-order valence-electron chi connectivity index (χ1n) is 18.2. The second-order valence-electron chi connectivity index (χ2n) is 15.4. The average molecular weight is 724 g/mol. The van der Waals surface area contributed by atoms with Crippen LogP contribution in [-0.4, -0.2) is 79.0 Å². The number of ether oxygens (including phenoxy) is 2. The van der Waals surface area contributed by atoms with Gasteiger partial charge in [0.2, 0.25) is 5.91 Å². The molecule has 2 amide bonds. The molecule has 2 aromatic carbocycles. The summed E-state index contributed by atoms with van der Waals surface area (Å²) in [4.78, 5) is 29.9. The van der Waals surface area contributed by atoms with Gasteiger partial charge in [0, 0.05) is 49.0 Å². The van der Waals surface area contributed by atoms with E-state index >= 15 is 0 Å². The van der Waals surface area contributed by atoms with E-state index in [4.69, 9.17) is 21.1 Å². The molecule has 2 bridgehead atoms. The molecule has 10 nitrogen and oxygen atoms in total.